The summed E-state index contributed by atoms with van der Waals surface area (Å²) in [4.78, 5) is 0. The lowest BCUT2D eigenvalue weighted by Crippen LogP contribution is -2.60. The van der Waals surface area contributed by atoms with Crippen molar-refractivity contribution >= 4 is 0 Å². The van der Waals surface area contributed by atoms with E-state index in [1.807, 2.05) is 6.07 Å². The molecule has 0 aliphatic carbocycles. The van der Waals surface area contributed by atoms with Crippen molar-refractivity contribution in [3.05, 3.63) is 47.0 Å². The number of rotatable bonds is 9. The zero-order valence-electron chi connectivity index (χ0n) is 19.7. The van der Waals surface area contributed by atoms with Gasteiger partial charge in [0, 0.05) is 12.2 Å². The molecule has 11 nitrogen and oxygen atoms in total. The molecule has 2 aliphatic heterocycles. The van der Waals surface area contributed by atoms with Gasteiger partial charge < -0.3 is 54.7 Å². The zero-order chi connectivity index (χ0) is 26.0. The monoisotopic (exact) mass is 508 g/mol. The van der Waals surface area contributed by atoms with Crippen LogP contribution in [0.5, 0.6) is 23.0 Å². The van der Waals surface area contributed by atoms with Crippen molar-refractivity contribution in [2.45, 2.75) is 55.6 Å². The zero-order valence-corrected chi connectivity index (χ0v) is 19.7. The first-order chi connectivity index (χ1) is 17.3. The molecule has 198 valence electrons. The van der Waals surface area contributed by atoms with Gasteiger partial charge >= 0.3 is 0 Å². The summed E-state index contributed by atoms with van der Waals surface area (Å²) < 4.78 is 22.9. The number of aryl methyl sites for hydroxylation is 1. The van der Waals surface area contributed by atoms with Gasteiger partial charge in [0.15, 0.2) is 23.0 Å². The molecule has 2 aromatic carbocycles. The predicted molar refractivity (Wildman–Crippen MR) is 124 cm³/mol. The number of hydrogen-bond donors (Lipinski definition) is 7. The third-order valence-corrected chi connectivity index (χ3v) is 6.60. The molecule has 11 heteroatoms. The first-order valence-electron chi connectivity index (χ1n) is 11.7. The molecule has 7 atom stereocenters. The lowest BCUT2D eigenvalue weighted by molar-refractivity contribution is -0.277. The Labute approximate surface area is 207 Å². The average Bonchev–Trinajstić information content (AvgIpc) is 3.26. The normalized spacial score (nSPS) is 29.5. The highest BCUT2D eigenvalue weighted by molar-refractivity contribution is 5.56. The van der Waals surface area contributed by atoms with Crippen LogP contribution in [0.15, 0.2) is 30.3 Å². The Morgan fingerprint density at radius 1 is 0.917 bits per heavy atom. The molecule has 0 bridgehead atoms. The Kier molecular flexibility index (Phi) is 8.20. The fraction of sp³-hybridized carbons (Fsp3) is 0.520. The minimum absolute atomic E-state index is 0.0319. The molecule has 0 amide bonds. The van der Waals surface area contributed by atoms with E-state index < -0.39 is 49.3 Å². The second kappa shape index (κ2) is 11.2. The predicted octanol–water partition coefficient (Wildman–Crippen LogP) is -0.286. The fourth-order valence-corrected chi connectivity index (χ4v) is 4.63. The van der Waals surface area contributed by atoms with Gasteiger partial charge in [-0.15, -0.1) is 0 Å². The second-order valence-electron chi connectivity index (χ2n) is 8.91. The van der Waals surface area contributed by atoms with Crippen LogP contribution >= 0.6 is 0 Å². The van der Waals surface area contributed by atoms with Gasteiger partial charge in [0.2, 0.25) is 6.29 Å². The molecule has 0 radical (unpaired) electrons. The van der Waals surface area contributed by atoms with Gasteiger partial charge in [0.05, 0.1) is 26.2 Å². The summed E-state index contributed by atoms with van der Waals surface area (Å²) in [5.74, 6) is 0.133. The highest BCUT2D eigenvalue weighted by Gasteiger charge is 2.46. The molecule has 0 saturated carbocycles. The van der Waals surface area contributed by atoms with Crippen molar-refractivity contribution in [2.75, 3.05) is 26.9 Å². The highest BCUT2D eigenvalue weighted by atomic mass is 16.7. The molecule has 4 rings (SSSR count). The Hall–Kier alpha value is -2.64. The molecule has 36 heavy (non-hydrogen) atoms. The minimum atomic E-state index is -1.62. The van der Waals surface area contributed by atoms with Crippen LogP contribution in [0.3, 0.4) is 0 Å². The molecule has 2 aliphatic rings. The third kappa shape index (κ3) is 4.96. The van der Waals surface area contributed by atoms with Crippen LogP contribution < -0.4 is 14.2 Å². The van der Waals surface area contributed by atoms with Crippen molar-refractivity contribution in [1.29, 1.82) is 0 Å². The Bertz CT molecular complexity index is 1040. The number of ether oxygens (including phenoxy) is 4. The lowest BCUT2D eigenvalue weighted by Gasteiger charge is -2.39. The molecular formula is C25H32O11. The first-order valence-corrected chi connectivity index (χ1v) is 11.7. The molecule has 2 heterocycles. The minimum Gasteiger partial charge on any atom is -0.504 e. The van der Waals surface area contributed by atoms with Crippen LogP contribution in [0, 0.1) is 0 Å². The first kappa shape index (κ1) is 26.4. The summed E-state index contributed by atoms with van der Waals surface area (Å²) in [5.41, 5.74) is 2.04. The maximum atomic E-state index is 10.5. The van der Waals surface area contributed by atoms with Crippen LogP contribution in [0.25, 0.3) is 0 Å². The van der Waals surface area contributed by atoms with E-state index in [4.69, 9.17) is 18.9 Å². The molecule has 1 saturated heterocycles. The Morgan fingerprint density at radius 3 is 2.36 bits per heavy atom. The summed E-state index contributed by atoms with van der Waals surface area (Å²) in [6, 6.07) is 8.24. The standard InChI is InChI=1S/C25H32O11/c1-33-17-9-13(4-5-16(17)29)23-15(10-27)14-7-12(3-2-6-26)8-18(24(14)36-23)34-25-22(32)21(31)20(30)19(11-28)35-25/h4-5,7-9,15,19-23,25-32H,2-3,6,10-11H2,1H3/t15-,19+,20-,21+,22+,23-,25-/m0/s1. The van der Waals surface area contributed by atoms with Crippen LogP contribution in [0.1, 0.15) is 35.1 Å². The van der Waals surface area contributed by atoms with E-state index in [9.17, 15) is 35.7 Å². The van der Waals surface area contributed by atoms with E-state index >= 15 is 0 Å². The van der Waals surface area contributed by atoms with Crippen molar-refractivity contribution in [3.63, 3.8) is 0 Å². The van der Waals surface area contributed by atoms with Crippen molar-refractivity contribution in [2.24, 2.45) is 0 Å². The van der Waals surface area contributed by atoms with E-state index in [1.54, 1.807) is 18.2 Å². The van der Waals surface area contributed by atoms with Crippen LogP contribution in [0.4, 0.5) is 0 Å². The molecule has 1 fully saturated rings. The van der Waals surface area contributed by atoms with E-state index in [-0.39, 0.29) is 36.2 Å². The number of benzene rings is 2. The molecule has 0 aromatic heterocycles. The number of methoxy groups -OCH3 is 1. The van der Waals surface area contributed by atoms with Gasteiger partial charge in [-0.05, 0) is 42.2 Å². The van der Waals surface area contributed by atoms with Crippen molar-refractivity contribution in [1.82, 2.24) is 0 Å². The summed E-state index contributed by atoms with van der Waals surface area (Å²) in [7, 11) is 1.42. The summed E-state index contributed by atoms with van der Waals surface area (Å²) >= 11 is 0. The number of aliphatic hydroxyl groups is 6. The third-order valence-electron chi connectivity index (χ3n) is 6.60. The van der Waals surface area contributed by atoms with Gasteiger partial charge in [-0.1, -0.05) is 12.1 Å². The maximum Gasteiger partial charge on any atom is 0.229 e. The van der Waals surface area contributed by atoms with Gasteiger partial charge in [-0.2, -0.15) is 0 Å². The van der Waals surface area contributed by atoms with Gasteiger partial charge in [0.25, 0.3) is 0 Å². The van der Waals surface area contributed by atoms with Gasteiger partial charge in [-0.3, -0.25) is 0 Å². The van der Waals surface area contributed by atoms with Gasteiger partial charge in [0.1, 0.15) is 30.5 Å². The summed E-state index contributed by atoms with van der Waals surface area (Å²) in [5, 5.41) is 69.7. The lowest BCUT2D eigenvalue weighted by atomic mass is 9.90. The molecule has 7 N–H and O–H groups in total. The number of fused-ring (bicyclic) bond motifs is 1. The second-order valence-corrected chi connectivity index (χ2v) is 8.91. The molecule has 0 spiro atoms. The summed E-state index contributed by atoms with van der Waals surface area (Å²) in [6.07, 6.45) is -7.04. The van der Waals surface area contributed by atoms with E-state index in [0.717, 1.165) is 5.56 Å². The van der Waals surface area contributed by atoms with Crippen LogP contribution in [-0.2, 0) is 11.2 Å². The number of aromatic hydroxyl groups is 1. The number of aliphatic hydroxyl groups excluding tert-OH is 6. The smallest absolute Gasteiger partial charge is 0.229 e. The van der Waals surface area contributed by atoms with E-state index in [0.29, 0.717) is 24.0 Å². The van der Waals surface area contributed by atoms with Crippen molar-refractivity contribution in [3.8, 4) is 23.0 Å². The number of phenols is 1. The van der Waals surface area contributed by atoms with Gasteiger partial charge in [-0.25, -0.2) is 0 Å². The highest BCUT2D eigenvalue weighted by Crippen LogP contribution is 2.52. The largest absolute Gasteiger partial charge is 0.504 e. The van der Waals surface area contributed by atoms with Crippen LogP contribution in [-0.4, -0.2) is 93.4 Å². The molecule has 2 aromatic rings. The number of hydrogen-bond acceptors (Lipinski definition) is 11. The van der Waals surface area contributed by atoms with E-state index in [1.165, 1.54) is 13.2 Å². The van der Waals surface area contributed by atoms with Crippen LogP contribution in [0.2, 0.25) is 0 Å². The molecular weight excluding hydrogens is 476 g/mol. The Balaban J connectivity index is 1.71. The maximum absolute atomic E-state index is 10.5. The fourth-order valence-electron chi connectivity index (χ4n) is 4.63. The SMILES string of the molecule is COc1cc([C@@H]2Oc3c(O[C@H]4O[C@H](CO)[C@H](O)[C@@H](O)[C@H]4O)cc(CCCO)cc3[C@@H]2CO)ccc1O. The van der Waals surface area contributed by atoms with Crippen molar-refractivity contribution < 1.29 is 54.7 Å². The topological polar surface area (TPSA) is 179 Å². The Morgan fingerprint density at radius 2 is 1.69 bits per heavy atom. The average molecular weight is 509 g/mol. The quantitative estimate of drug-likeness (QED) is 0.237. The summed E-state index contributed by atoms with van der Waals surface area (Å²) in [6.45, 7) is -0.910. The molecule has 0 unspecified atom stereocenters. The van der Waals surface area contributed by atoms with E-state index in [2.05, 4.69) is 0 Å². The number of phenolic OH excluding ortho intramolecular Hbond substituents is 1.